The zero-order valence-electron chi connectivity index (χ0n) is 12.1. The third kappa shape index (κ3) is 5.06. The molecule has 1 fully saturated rings. The lowest BCUT2D eigenvalue weighted by atomic mass is 10.2. The van der Waals surface area contributed by atoms with Crippen LogP contribution in [-0.2, 0) is 4.79 Å². The predicted octanol–water partition coefficient (Wildman–Crippen LogP) is 0.929. The summed E-state index contributed by atoms with van der Waals surface area (Å²) < 4.78 is 0. The second-order valence-corrected chi connectivity index (χ2v) is 5.36. The number of carbonyl (C=O) groups excluding carboxylic acids is 1. The minimum atomic E-state index is -0.809. The minimum Gasteiger partial charge on any atom is -0.481 e. The Morgan fingerprint density at radius 3 is 2.26 bits per heavy atom. The average molecular weight is 271 g/mol. The van der Waals surface area contributed by atoms with Crippen LogP contribution < -0.4 is 0 Å². The summed E-state index contributed by atoms with van der Waals surface area (Å²) in [4.78, 5) is 28.8. The SMILES string of the molecule is CC(C)N(CCCC(=O)O)C(=O)N1CCN(C)CC1. The van der Waals surface area contributed by atoms with Crippen molar-refractivity contribution in [1.82, 2.24) is 14.7 Å². The van der Waals surface area contributed by atoms with E-state index in [4.69, 9.17) is 5.11 Å². The fourth-order valence-electron chi connectivity index (χ4n) is 2.15. The second-order valence-electron chi connectivity index (χ2n) is 5.36. The van der Waals surface area contributed by atoms with Gasteiger partial charge in [0.25, 0.3) is 0 Å². The van der Waals surface area contributed by atoms with E-state index in [0.29, 0.717) is 13.0 Å². The van der Waals surface area contributed by atoms with E-state index in [-0.39, 0.29) is 18.5 Å². The van der Waals surface area contributed by atoms with E-state index in [2.05, 4.69) is 11.9 Å². The maximum atomic E-state index is 12.4. The quantitative estimate of drug-likeness (QED) is 0.808. The molecule has 1 N–H and O–H groups in total. The van der Waals surface area contributed by atoms with Gasteiger partial charge in [0.1, 0.15) is 0 Å². The molecule has 0 aliphatic carbocycles. The normalized spacial score (nSPS) is 16.7. The number of carboxylic acid groups (broad SMARTS) is 1. The fraction of sp³-hybridized carbons (Fsp3) is 0.846. The van der Waals surface area contributed by atoms with Gasteiger partial charge in [0.2, 0.25) is 0 Å². The summed E-state index contributed by atoms with van der Waals surface area (Å²) in [7, 11) is 2.05. The Hall–Kier alpha value is -1.30. The van der Waals surface area contributed by atoms with E-state index < -0.39 is 5.97 Å². The molecule has 0 aromatic carbocycles. The van der Waals surface area contributed by atoms with Crippen LogP contribution in [0.5, 0.6) is 0 Å². The van der Waals surface area contributed by atoms with Crippen molar-refractivity contribution in [3.8, 4) is 0 Å². The highest BCUT2D eigenvalue weighted by molar-refractivity contribution is 5.75. The van der Waals surface area contributed by atoms with Crippen molar-refractivity contribution in [3.05, 3.63) is 0 Å². The number of likely N-dealkylation sites (N-methyl/N-ethyl adjacent to an activating group) is 1. The monoisotopic (exact) mass is 271 g/mol. The molecule has 0 atom stereocenters. The molecule has 1 saturated heterocycles. The van der Waals surface area contributed by atoms with Crippen LogP contribution in [0.2, 0.25) is 0 Å². The van der Waals surface area contributed by atoms with Crippen LogP contribution in [0, 0.1) is 0 Å². The summed E-state index contributed by atoms with van der Waals surface area (Å²) in [6.07, 6.45) is 0.617. The maximum absolute atomic E-state index is 12.4. The molecule has 1 aliphatic rings. The smallest absolute Gasteiger partial charge is 0.320 e. The first-order valence-electron chi connectivity index (χ1n) is 6.87. The molecule has 110 valence electrons. The summed E-state index contributed by atoms with van der Waals surface area (Å²) in [5.74, 6) is -0.809. The van der Waals surface area contributed by atoms with Crippen molar-refractivity contribution in [1.29, 1.82) is 0 Å². The van der Waals surface area contributed by atoms with Gasteiger partial charge in [-0.25, -0.2) is 4.79 Å². The Labute approximate surface area is 115 Å². The van der Waals surface area contributed by atoms with Crippen molar-refractivity contribution in [3.63, 3.8) is 0 Å². The molecule has 0 aromatic heterocycles. The number of hydrogen-bond acceptors (Lipinski definition) is 3. The highest BCUT2D eigenvalue weighted by Gasteiger charge is 2.25. The van der Waals surface area contributed by atoms with Crippen LogP contribution in [0.15, 0.2) is 0 Å². The first-order chi connectivity index (χ1) is 8.91. The number of piperazine rings is 1. The molecule has 0 spiro atoms. The fourth-order valence-corrected chi connectivity index (χ4v) is 2.15. The van der Waals surface area contributed by atoms with Crippen molar-refractivity contribution in [2.75, 3.05) is 39.8 Å². The first-order valence-corrected chi connectivity index (χ1v) is 6.87. The number of carboxylic acids is 1. The van der Waals surface area contributed by atoms with Gasteiger partial charge in [0.15, 0.2) is 0 Å². The molecular formula is C13H25N3O3. The maximum Gasteiger partial charge on any atom is 0.320 e. The Balaban J connectivity index is 2.50. The van der Waals surface area contributed by atoms with Gasteiger partial charge in [-0.05, 0) is 27.3 Å². The lowest BCUT2D eigenvalue weighted by Gasteiger charge is -2.37. The molecule has 1 heterocycles. The van der Waals surface area contributed by atoms with Crippen LogP contribution in [0.3, 0.4) is 0 Å². The minimum absolute atomic E-state index is 0.0356. The van der Waals surface area contributed by atoms with E-state index in [9.17, 15) is 9.59 Å². The van der Waals surface area contributed by atoms with Gasteiger partial charge in [0.05, 0.1) is 0 Å². The van der Waals surface area contributed by atoms with E-state index in [1.807, 2.05) is 18.7 Å². The van der Waals surface area contributed by atoms with Gasteiger partial charge in [0, 0.05) is 45.2 Å². The van der Waals surface area contributed by atoms with Crippen molar-refractivity contribution < 1.29 is 14.7 Å². The third-order valence-electron chi connectivity index (χ3n) is 3.43. The van der Waals surface area contributed by atoms with Gasteiger partial charge >= 0.3 is 12.0 Å². The van der Waals surface area contributed by atoms with Crippen LogP contribution >= 0.6 is 0 Å². The van der Waals surface area contributed by atoms with Crippen molar-refractivity contribution in [2.45, 2.75) is 32.7 Å². The van der Waals surface area contributed by atoms with E-state index >= 15 is 0 Å². The molecule has 0 bridgehead atoms. The molecular weight excluding hydrogens is 246 g/mol. The summed E-state index contributed by atoms with van der Waals surface area (Å²) in [6, 6.07) is 0.134. The molecule has 1 rings (SSSR count). The van der Waals surface area contributed by atoms with Crippen LogP contribution in [-0.4, -0.2) is 77.6 Å². The zero-order chi connectivity index (χ0) is 14.4. The first kappa shape index (κ1) is 15.8. The topological polar surface area (TPSA) is 64.1 Å². The summed E-state index contributed by atoms with van der Waals surface area (Å²) >= 11 is 0. The molecule has 0 aromatic rings. The second kappa shape index (κ2) is 7.33. The molecule has 0 unspecified atom stereocenters. The highest BCUT2D eigenvalue weighted by Crippen LogP contribution is 2.09. The molecule has 6 heteroatoms. The Morgan fingerprint density at radius 1 is 1.21 bits per heavy atom. The van der Waals surface area contributed by atoms with Gasteiger partial charge < -0.3 is 19.8 Å². The number of rotatable bonds is 5. The predicted molar refractivity (Wildman–Crippen MR) is 73.2 cm³/mol. The third-order valence-corrected chi connectivity index (χ3v) is 3.43. The Kier molecular flexibility index (Phi) is 6.08. The average Bonchev–Trinajstić information content (AvgIpc) is 2.34. The van der Waals surface area contributed by atoms with Gasteiger partial charge in [-0.1, -0.05) is 0 Å². The number of hydrogen-bond donors (Lipinski definition) is 1. The molecule has 0 saturated carbocycles. The van der Waals surface area contributed by atoms with E-state index in [1.165, 1.54) is 0 Å². The van der Waals surface area contributed by atoms with Gasteiger partial charge in [-0.15, -0.1) is 0 Å². The number of urea groups is 1. The van der Waals surface area contributed by atoms with Crippen LogP contribution in [0.25, 0.3) is 0 Å². The summed E-state index contributed by atoms with van der Waals surface area (Å²) in [5, 5.41) is 8.66. The van der Waals surface area contributed by atoms with Gasteiger partial charge in [-0.2, -0.15) is 0 Å². The van der Waals surface area contributed by atoms with Crippen LogP contribution in [0.4, 0.5) is 4.79 Å². The lowest BCUT2D eigenvalue weighted by Crippen LogP contribution is -2.53. The van der Waals surface area contributed by atoms with Crippen molar-refractivity contribution >= 4 is 12.0 Å². The molecule has 19 heavy (non-hydrogen) atoms. The largest absolute Gasteiger partial charge is 0.481 e. The van der Waals surface area contributed by atoms with Gasteiger partial charge in [-0.3, -0.25) is 4.79 Å². The Morgan fingerprint density at radius 2 is 1.79 bits per heavy atom. The molecule has 1 aliphatic heterocycles. The molecule has 2 amide bonds. The number of aliphatic carboxylic acids is 1. The number of amides is 2. The van der Waals surface area contributed by atoms with Crippen LogP contribution in [0.1, 0.15) is 26.7 Å². The summed E-state index contributed by atoms with van der Waals surface area (Å²) in [5.41, 5.74) is 0. The number of carbonyl (C=O) groups is 2. The molecule has 0 radical (unpaired) electrons. The lowest BCUT2D eigenvalue weighted by molar-refractivity contribution is -0.137. The van der Waals surface area contributed by atoms with Crippen molar-refractivity contribution in [2.24, 2.45) is 0 Å². The number of nitrogens with zero attached hydrogens (tertiary/aromatic N) is 3. The highest BCUT2D eigenvalue weighted by atomic mass is 16.4. The standard InChI is InChI=1S/C13H25N3O3/c1-11(2)16(6-4-5-12(17)18)13(19)15-9-7-14(3)8-10-15/h11H,4-10H2,1-3H3,(H,17,18). The van der Waals surface area contributed by atoms with E-state index in [1.54, 1.807) is 4.90 Å². The van der Waals surface area contributed by atoms with E-state index in [0.717, 1.165) is 26.2 Å². The summed E-state index contributed by atoms with van der Waals surface area (Å²) in [6.45, 7) is 7.73. The Bertz CT molecular complexity index is 312. The molecule has 6 nitrogen and oxygen atoms in total. The zero-order valence-corrected chi connectivity index (χ0v) is 12.1.